The first-order chi connectivity index (χ1) is 6.83. The molecular weight excluding hydrogens is 198 g/mol. The summed E-state index contributed by atoms with van der Waals surface area (Å²) in [7, 11) is 0. The standard InChI is InChI=1S/C10H12ClN3/c11-10-2-1-8(4-13-10)14-6-7-3-9(14)5-12-7/h1-2,4,7,9,12H,3,5-6H2/t7-,9-/m1/s1. The predicted molar refractivity (Wildman–Crippen MR) is 56.8 cm³/mol. The average molecular weight is 210 g/mol. The van der Waals surface area contributed by atoms with Crippen LogP contribution in [0.4, 0.5) is 5.69 Å². The van der Waals surface area contributed by atoms with E-state index >= 15 is 0 Å². The Kier molecular flexibility index (Phi) is 1.89. The molecule has 2 saturated heterocycles. The van der Waals surface area contributed by atoms with E-state index in [9.17, 15) is 0 Å². The Morgan fingerprint density at radius 3 is 3.00 bits per heavy atom. The van der Waals surface area contributed by atoms with E-state index in [4.69, 9.17) is 11.6 Å². The number of piperazine rings is 1. The number of fused-ring (bicyclic) bond motifs is 2. The summed E-state index contributed by atoms with van der Waals surface area (Å²) in [5.41, 5.74) is 1.20. The van der Waals surface area contributed by atoms with Gasteiger partial charge in [0.25, 0.3) is 0 Å². The highest BCUT2D eigenvalue weighted by Gasteiger charge is 2.37. The molecule has 0 aromatic carbocycles. The number of nitrogens with one attached hydrogen (secondary N) is 1. The Bertz CT molecular complexity index is 338. The van der Waals surface area contributed by atoms with Crippen molar-refractivity contribution in [2.75, 3.05) is 18.0 Å². The van der Waals surface area contributed by atoms with Crippen molar-refractivity contribution >= 4 is 17.3 Å². The minimum atomic E-state index is 0.566. The van der Waals surface area contributed by atoms with Crippen molar-refractivity contribution < 1.29 is 0 Å². The lowest BCUT2D eigenvalue weighted by molar-refractivity contribution is 0.579. The molecule has 0 amide bonds. The zero-order chi connectivity index (χ0) is 9.54. The lowest BCUT2D eigenvalue weighted by Gasteiger charge is -2.29. The Hall–Kier alpha value is -0.800. The van der Waals surface area contributed by atoms with Gasteiger partial charge in [-0.1, -0.05) is 11.6 Å². The van der Waals surface area contributed by atoms with Crippen LogP contribution in [-0.2, 0) is 0 Å². The fraction of sp³-hybridized carbons (Fsp3) is 0.500. The second-order valence-electron chi connectivity index (χ2n) is 3.99. The molecule has 0 aliphatic carbocycles. The van der Waals surface area contributed by atoms with Crippen LogP contribution >= 0.6 is 11.6 Å². The maximum Gasteiger partial charge on any atom is 0.129 e. The average Bonchev–Trinajstić information content (AvgIpc) is 2.80. The molecule has 1 aromatic rings. The molecule has 0 unspecified atom stereocenters. The van der Waals surface area contributed by atoms with Crippen LogP contribution in [0, 0.1) is 0 Å². The smallest absolute Gasteiger partial charge is 0.129 e. The summed E-state index contributed by atoms with van der Waals surface area (Å²) < 4.78 is 0. The van der Waals surface area contributed by atoms with Crippen LogP contribution in [0.15, 0.2) is 18.3 Å². The Balaban J connectivity index is 1.86. The number of halogens is 1. The molecule has 0 radical (unpaired) electrons. The molecule has 2 aliphatic heterocycles. The van der Waals surface area contributed by atoms with Gasteiger partial charge in [0.15, 0.2) is 0 Å². The van der Waals surface area contributed by atoms with Crippen molar-refractivity contribution in [3.05, 3.63) is 23.5 Å². The minimum absolute atomic E-state index is 0.566. The molecule has 2 fully saturated rings. The van der Waals surface area contributed by atoms with Gasteiger partial charge >= 0.3 is 0 Å². The van der Waals surface area contributed by atoms with Crippen molar-refractivity contribution in [1.29, 1.82) is 0 Å². The van der Waals surface area contributed by atoms with E-state index in [0.717, 1.165) is 13.1 Å². The second kappa shape index (κ2) is 3.11. The number of anilines is 1. The van der Waals surface area contributed by atoms with Gasteiger partial charge < -0.3 is 10.2 Å². The summed E-state index contributed by atoms with van der Waals surface area (Å²) in [6.07, 6.45) is 3.13. The van der Waals surface area contributed by atoms with Crippen LogP contribution in [-0.4, -0.2) is 30.2 Å². The fourth-order valence-electron chi connectivity index (χ4n) is 2.41. The third kappa shape index (κ3) is 1.28. The van der Waals surface area contributed by atoms with E-state index in [0.29, 0.717) is 17.2 Å². The molecular formula is C10H12ClN3. The molecule has 3 nitrogen and oxygen atoms in total. The third-order valence-electron chi connectivity index (χ3n) is 3.10. The van der Waals surface area contributed by atoms with Gasteiger partial charge in [-0.05, 0) is 18.6 Å². The van der Waals surface area contributed by atoms with Gasteiger partial charge in [-0.15, -0.1) is 0 Å². The van der Waals surface area contributed by atoms with Crippen molar-refractivity contribution in [1.82, 2.24) is 10.3 Å². The number of aromatic nitrogens is 1. The Labute approximate surface area is 88.1 Å². The van der Waals surface area contributed by atoms with E-state index < -0.39 is 0 Å². The monoisotopic (exact) mass is 209 g/mol. The van der Waals surface area contributed by atoms with E-state index in [-0.39, 0.29) is 0 Å². The highest BCUT2D eigenvalue weighted by Crippen LogP contribution is 2.28. The van der Waals surface area contributed by atoms with Gasteiger partial charge in [0.2, 0.25) is 0 Å². The topological polar surface area (TPSA) is 28.2 Å². The first kappa shape index (κ1) is 8.50. The van der Waals surface area contributed by atoms with Crippen LogP contribution < -0.4 is 10.2 Å². The molecule has 0 saturated carbocycles. The van der Waals surface area contributed by atoms with Crippen LogP contribution in [0.1, 0.15) is 6.42 Å². The van der Waals surface area contributed by atoms with Crippen LogP contribution in [0.5, 0.6) is 0 Å². The molecule has 14 heavy (non-hydrogen) atoms. The van der Waals surface area contributed by atoms with Gasteiger partial charge in [0.1, 0.15) is 5.15 Å². The molecule has 2 aliphatic rings. The van der Waals surface area contributed by atoms with Crippen molar-refractivity contribution in [3.63, 3.8) is 0 Å². The van der Waals surface area contributed by atoms with E-state index in [1.807, 2.05) is 12.3 Å². The largest absolute Gasteiger partial charge is 0.364 e. The number of hydrogen-bond donors (Lipinski definition) is 1. The van der Waals surface area contributed by atoms with Crippen LogP contribution in [0.25, 0.3) is 0 Å². The summed E-state index contributed by atoms with van der Waals surface area (Å²) >= 11 is 5.76. The molecule has 4 heteroatoms. The summed E-state index contributed by atoms with van der Waals surface area (Å²) in [6, 6.07) is 5.24. The molecule has 2 atom stereocenters. The fourth-order valence-corrected chi connectivity index (χ4v) is 2.53. The molecule has 1 aromatic heterocycles. The van der Waals surface area contributed by atoms with E-state index in [2.05, 4.69) is 21.3 Å². The SMILES string of the molecule is Clc1ccc(N2C[C@H]3C[C@@H]2CN3)cn1. The van der Waals surface area contributed by atoms with Gasteiger partial charge in [-0.25, -0.2) is 4.98 Å². The highest BCUT2D eigenvalue weighted by molar-refractivity contribution is 6.29. The van der Waals surface area contributed by atoms with Gasteiger partial charge in [-0.3, -0.25) is 0 Å². The minimum Gasteiger partial charge on any atom is -0.364 e. The van der Waals surface area contributed by atoms with Crippen LogP contribution in [0.2, 0.25) is 5.15 Å². The zero-order valence-corrected chi connectivity index (χ0v) is 8.54. The second-order valence-corrected chi connectivity index (χ2v) is 4.37. The number of rotatable bonds is 1. The first-order valence-corrected chi connectivity index (χ1v) is 5.32. The number of hydrogen-bond acceptors (Lipinski definition) is 3. The molecule has 1 N–H and O–H groups in total. The molecule has 2 bridgehead atoms. The van der Waals surface area contributed by atoms with Crippen molar-refractivity contribution in [2.24, 2.45) is 0 Å². The highest BCUT2D eigenvalue weighted by atomic mass is 35.5. The van der Waals surface area contributed by atoms with E-state index in [1.54, 1.807) is 0 Å². The lowest BCUT2D eigenvalue weighted by Crippen LogP contribution is -2.43. The quantitative estimate of drug-likeness (QED) is 0.707. The molecule has 3 rings (SSSR count). The summed E-state index contributed by atoms with van der Waals surface area (Å²) in [5.74, 6) is 0. The summed E-state index contributed by atoms with van der Waals surface area (Å²) in [5, 5.41) is 4.04. The van der Waals surface area contributed by atoms with Crippen molar-refractivity contribution in [2.45, 2.75) is 18.5 Å². The van der Waals surface area contributed by atoms with E-state index in [1.165, 1.54) is 12.1 Å². The molecule has 74 valence electrons. The van der Waals surface area contributed by atoms with Gasteiger partial charge in [0, 0.05) is 25.2 Å². The molecule has 3 heterocycles. The Morgan fingerprint density at radius 2 is 2.43 bits per heavy atom. The summed E-state index contributed by atoms with van der Waals surface area (Å²) in [4.78, 5) is 6.53. The normalized spacial score (nSPS) is 29.9. The lowest BCUT2D eigenvalue weighted by atomic mass is 10.2. The maximum atomic E-state index is 5.76. The summed E-state index contributed by atoms with van der Waals surface area (Å²) in [6.45, 7) is 2.21. The maximum absolute atomic E-state index is 5.76. The van der Waals surface area contributed by atoms with Gasteiger partial charge in [-0.2, -0.15) is 0 Å². The third-order valence-corrected chi connectivity index (χ3v) is 3.32. The number of pyridine rings is 1. The molecule has 0 spiro atoms. The van der Waals surface area contributed by atoms with Crippen LogP contribution in [0.3, 0.4) is 0 Å². The number of nitrogens with zero attached hydrogens (tertiary/aromatic N) is 2. The van der Waals surface area contributed by atoms with Gasteiger partial charge in [0.05, 0.1) is 11.9 Å². The van der Waals surface area contributed by atoms with Crippen molar-refractivity contribution in [3.8, 4) is 0 Å². The zero-order valence-electron chi connectivity index (χ0n) is 7.78. The Morgan fingerprint density at radius 1 is 1.50 bits per heavy atom. The predicted octanol–water partition coefficient (Wildman–Crippen LogP) is 1.29. The first-order valence-electron chi connectivity index (χ1n) is 4.94.